The van der Waals surface area contributed by atoms with E-state index in [1.165, 1.54) is 18.9 Å². The Morgan fingerprint density at radius 2 is 1.64 bits per heavy atom. The summed E-state index contributed by atoms with van der Waals surface area (Å²) in [6, 6.07) is 14.0. The van der Waals surface area contributed by atoms with E-state index in [2.05, 4.69) is 15.5 Å². The topological polar surface area (TPSA) is 61.4 Å². The molecule has 2 aromatic carbocycles. The standard InChI is InChI=1S/C22H24FN3O2/c23-19-6-2-1-5-16(19)15-24-20(27)22(11-12-22)21(28)25-17-7-9-18(10-8-17)26-13-3-4-14-26/h1-2,5-10H,3-4,11-15H2,(H,24,27)(H,25,28). The average Bonchev–Trinajstić information content (AvgIpc) is 3.35. The van der Waals surface area contributed by atoms with Gasteiger partial charge in [0.1, 0.15) is 11.2 Å². The van der Waals surface area contributed by atoms with Gasteiger partial charge in [-0.25, -0.2) is 4.39 Å². The third-order valence-corrected chi connectivity index (χ3v) is 5.61. The van der Waals surface area contributed by atoms with Crippen molar-refractivity contribution < 1.29 is 14.0 Å². The molecule has 1 aliphatic carbocycles. The molecule has 28 heavy (non-hydrogen) atoms. The van der Waals surface area contributed by atoms with Crippen molar-refractivity contribution in [2.75, 3.05) is 23.3 Å². The van der Waals surface area contributed by atoms with Crippen LogP contribution < -0.4 is 15.5 Å². The van der Waals surface area contributed by atoms with Gasteiger partial charge in [0.2, 0.25) is 11.8 Å². The minimum absolute atomic E-state index is 0.0745. The molecule has 2 fully saturated rings. The van der Waals surface area contributed by atoms with Crippen molar-refractivity contribution in [3.63, 3.8) is 0 Å². The third kappa shape index (κ3) is 3.72. The fourth-order valence-electron chi connectivity index (χ4n) is 3.65. The van der Waals surface area contributed by atoms with Crippen LogP contribution in [0.5, 0.6) is 0 Å². The molecule has 6 heteroatoms. The van der Waals surface area contributed by atoms with Gasteiger partial charge in [0, 0.05) is 36.6 Å². The Morgan fingerprint density at radius 1 is 0.964 bits per heavy atom. The van der Waals surface area contributed by atoms with Gasteiger partial charge in [0.15, 0.2) is 0 Å². The lowest BCUT2D eigenvalue weighted by Gasteiger charge is -2.19. The minimum atomic E-state index is -1.04. The van der Waals surface area contributed by atoms with Gasteiger partial charge in [-0.1, -0.05) is 18.2 Å². The van der Waals surface area contributed by atoms with Crippen LogP contribution >= 0.6 is 0 Å². The number of carbonyl (C=O) groups excluding carboxylic acids is 2. The number of anilines is 2. The van der Waals surface area contributed by atoms with E-state index in [1.54, 1.807) is 18.2 Å². The van der Waals surface area contributed by atoms with Gasteiger partial charge in [-0.3, -0.25) is 9.59 Å². The van der Waals surface area contributed by atoms with Crippen molar-refractivity contribution in [3.05, 3.63) is 59.9 Å². The van der Waals surface area contributed by atoms with Crippen LogP contribution in [-0.2, 0) is 16.1 Å². The molecular weight excluding hydrogens is 357 g/mol. The molecule has 2 N–H and O–H groups in total. The number of hydrogen-bond donors (Lipinski definition) is 2. The first-order valence-corrected chi connectivity index (χ1v) is 9.77. The third-order valence-electron chi connectivity index (χ3n) is 5.61. The molecule has 0 aromatic heterocycles. The number of hydrogen-bond acceptors (Lipinski definition) is 3. The fraction of sp³-hybridized carbons (Fsp3) is 0.364. The zero-order valence-electron chi connectivity index (χ0n) is 15.7. The smallest absolute Gasteiger partial charge is 0.240 e. The maximum absolute atomic E-state index is 13.7. The summed E-state index contributed by atoms with van der Waals surface area (Å²) in [5.41, 5.74) is 1.20. The van der Waals surface area contributed by atoms with Crippen LogP contribution in [0.3, 0.4) is 0 Å². The molecule has 1 heterocycles. The molecule has 0 unspecified atom stereocenters. The van der Waals surface area contributed by atoms with E-state index in [1.807, 2.05) is 24.3 Å². The zero-order chi connectivity index (χ0) is 19.6. The van der Waals surface area contributed by atoms with E-state index < -0.39 is 5.41 Å². The average molecular weight is 381 g/mol. The predicted molar refractivity (Wildman–Crippen MR) is 106 cm³/mol. The van der Waals surface area contributed by atoms with Crippen molar-refractivity contribution in [3.8, 4) is 0 Å². The molecule has 146 valence electrons. The van der Waals surface area contributed by atoms with E-state index in [-0.39, 0.29) is 24.2 Å². The lowest BCUT2D eigenvalue weighted by atomic mass is 10.0. The highest BCUT2D eigenvalue weighted by Gasteiger charge is 2.56. The first-order chi connectivity index (χ1) is 13.6. The number of nitrogens with one attached hydrogen (secondary N) is 2. The first kappa shape index (κ1) is 18.5. The highest BCUT2D eigenvalue weighted by Crippen LogP contribution is 2.47. The summed E-state index contributed by atoms with van der Waals surface area (Å²) in [6.45, 7) is 2.21. The second kappa shape index (κ2) is 7.62. The van der Waals surface area contributed by atoms with E-state index in [0.717, 1.165) is 18.8 Å². The highest BCUT2D eigenvalue weighted by atomic mass is 19.1. The Bertz CT molecular complexity index is 872. The molecule has 5 nitrogen and oxygen atoms in total. The molecule has 0 atom stereocenters. The fourth-order valence-corrected chi connectivity index (χ4v) is 3.65. The van der Waals surface area contributed by atoms with Gasteiger partial charge in [0.25, 0.3) is 0 Å². The van der Waals surface area contributed by atoms with Crippen molar-refractivity contribution in [1.82, 2.24) is 5.32 Å². The molecule has 1 aliphatic heterocycles. The molecule has 2 aliphatic rings. The van der Waals surface area contributed by atoms with Crippen molar-refractivity contribution >= 4 is 23.2 Å². The Balaban J connectivity index is 1.35. The number of halogens is 1. The van der Waals surface area contributed by atoms with Crippen LogP contribution in [0.4, 0.5) is 15.8 Å². The van der Waals surface area contributed by atoms with E-state index >= 15 is 0 Å². The van der Waals surface area contributed by atoms with Gasteiger partial charge < -0.3 is 15.5 Å². The molecule has 2 aromatic rings. The van der Waals surface area contributed by atoms with E-state index in [0.29, 0.717) is 24.1 Å². The van der Waals surface area contributed by atoms with Crippen LogP contribution in [0.15, 0.2) is 48.5 Å². The molecule has 0 bridgehead atoms. The number of carbonyl (C=O) groups is 2. The Hall–Kier alpha value is -2.89. The summed E-state index contributed by atoms with van der Waals surface area (Å²) in [5.74, 6) is -1.01. The Labute approximate surface area is 163 Å². The van der Waals surface area contributed by atoms with Crippen molar-refractivity contribution in [2.45, 2.75) is 32.2 Å². The first-order valence-electron chi connectivity index (χ1n) is 9.77. The van der Waals surface area contributed by atoms with E-state index in [4.69, 9.17) is 0 Å². The summed E-state index contributed by atoms with van der Waals surface area (Å²) in [7, 11) is 0. The molecule has 0 spiro atoms. The monoisotopic (exact) mass is 381 g/mol. The lowest BCUT2D eigenvalue weighted by Crippen LogP contribution is -2.39. The van der Waals surface area contributed by atoms with Crippen molar-refractivity contribution in [2.24, 2.45) is 5.41 Å². The van der Waals surface area contributed by atoms with Crippen LogP contribution in [-0.4, -0.2) is 24.9 Å². The van der Waals surface area contributed by atoms with Gasteiger partial charge in [-0.05, 0) is 56.0 Å². The van der Waals surface area contributed by atoms with Gasteiger partial charge in [0.05, 0.1) is 0 Å². The van der Waals surface area contributed by atoms with Gasteiger partial charge in [-0.2, -0.15) is 0 Å². The van der Waals surface area contributed by atoms with Crippen LogP contribution in [0.1, 0.15) is 31.2 Å². The second-order valence-electron chi connectivity index (χ2n) is 7.55. The molecule has 0 radical (unpaired) electrons. The molecule has 1 saturated carbocycles. The Kier molecular flexibility index (Phi) is 5.03. The zero-order valence-corrected chi connectivity index (χ0v) is 15.7. The maximum Gasteiger partial charge on any atom is 0.240 e. The summed E-state index contributed by atoms with van der Waals surface area (Å²) in [6.07, 6.45) is 3.44. The normalized spacial score (nSPS) is 17.2. The molecule has 2 amide bonds. The van der Waals surface area contributed by atoms with E-state index in [9.17, 15) is 14.0 Å². The van der Waals surface area contributed by atoms with Crippen LogP contribution in [0.2, 0.25) is 0 Å². The molecular formula is C22H24FN3O2. The minimum Gasteiger partial charge on any atom is -0.372 e. The number of nitrogens with zero attached hydrogens (tertiary/aromatic N) is 1. The largest absolute Gasteiger partial charge is 0.372 e. The summed E-state index contributed by atoms with van der Waals surface area (Å²) in [4.78, 5) is 27.6. The number of rotatable bonds is 6. The summed E-state index contributed by atoms with van der Waals surface area (Å²) >= 11 is 0. The van der Waals surface area contributed by atoms with Gasteiger partial charge >= 0.3 is 0 Å². The predicted octanol–water partition coefficient (Wildman–Crippen LogP) is 3.46. The SMILES string of the molecule is O=C(NCc1ccccc1F)C1(C(=O)Nc2ccc(N3CCCC3)cc2)CC1. The maximum atomic E-state index is 13.7. The molecule has 1 saturated heterocycles. The summed E-state index contributed by atoms with van der Waals surface area (Å²) < 4.78 is 13.7. The summed E-state index contributed by atoms with van der Waals surface area (Å²) in [5, 5.41) is 5.57. The van der Waals surface area contributed by atoms with Crippen LogP contribution in [0, 0.1) is 11.2 Å². The van der Waals surface area contributed by atoms with Gasteiger partial charge in [-0.15, -0.1) is 0 Å². The molecule has 4 rings (SSSR count). The van der Waals surface area contributed by atoms with Crippen LogP contribution in [0.25, 0.3) is 0 Å². The number of amides is 2. The second-order valence-corrected chi connectivity index (χ2v) is 7.55. The number of benzene rings is 2. The highest BCUT2D eigenvalue weighted by molar-refractivity contribution is 6.13. The van der Waals surface area contributed by atoms with Crippen molar-refractivity contribution in [1.29, 1.82) is 0 Å². The Morgan fingerprint density at radius 3 is 2.29 bits per heavy atom. The quantitative estimate of drug-likeness (QED) is 0.754. The lowest BCUT2D eigenvalue weighted by molar-refractivity contribution is -0.134.